The van der Waals surface area contributed by atoms with E-state index in [-0.39, 0.29) is 23.9 Å². The molecule has 20 heavy (non-hydrogen) atoms. The van der Waals surface area contributed by atoms with Gasteiger partial charge in [0.2, 0.25) is 0 Å². The standard InChI is InChI=1S/C17H24O3/c1-7-14-10-15(8-9-16(14)19-12(4)5)20-17(18)13(6)11(2)3/h7-13H,1H2,2-6H3. The van der Waals surface area contributed by atoms with Gasteiger partial charge in [0, 0.05) is 5.56 Å². The fraction of sp³-hybridized carbons (Fsp3) is 0.471. The predicted molar refractivity (Wildman–Crippen MR) is 81.9 cm³/mol. The van der Waals surface area contributed by atoms with Crippen molar-refractivity contribution in [2.45, 2.75) is 40.7 Å². The third-order valence-electron chi connectivity index (χ3n) is 3.15. The SMILES string of the molecule is C=Cc1cc(OC(=O)C(C)C(C)C)ccc1OC(C)C. The molecule has 0 fully saturated rings. The largest absolute Gasteiger partial charge is 0.490 e. The van der Waals surface area contributed by atoms with Crippen LogP contribution in [-0.2, 0) is 4.79 Å². The lowest BCUT2D eigenvalue weighted by Crippen LogP contribution is -2.22. The second kappa shape index (κ2) is 7.13. The molecule has 0 heterocycles. The zero-order chi connectivity index (χ0) is 15.3. The van der Waals surface area contributed by atoms with Crippen molar-refractivity contribution < 1.29 is 14.3 Å². The van der Waals surface area contributed by atoms with Crippen LogP contribution < -0.4 is 9.47 Å². The van der Waals surface area contributed by atoms with Gasteiger partial charge in [-0.15, -0.1) is 0 Å². The maximum absolute atomic E-state index is 11.9. The van der Waals surface area contributed by atoms with Gasteiger partial charge < -0.3 is 9.47 Å². The lowest BCUT2D eigenvalue weighted by molar-refractivity contribution is -0.139. The summed E-state index contributed by atoms with van der Waals surface area (Å²) in [6.07, 6.45) is 1.78. The highest BCUT2D eigenvalue weighted by molar-refractivity contribution is 5.75. The van der Waals surface area contributed by atoms with Crippen LogP contribution in [0.25, 0.3) is 6.08 Å². The normalized spacial score (nSPS) is 12.3. The molecule has 0 aliphatic rings. The molecule has 1 aromatic carbocycles. The minimum absolute atomic E-state index is 0.0862. The van der Waals surface area contributed by atoms with Crippen molar-refractivity contribution in [2.75, 3.05) is 0 Å². The molecule has 0 spiro atoms. The smallest absolute Gasteiger partial charge is 0.314 e. The summed E-state index contributed by atoms with van der Waals surface area (Å²) in [6, 6.07) is 5.32. The maximum atomic E-state index is 11.9. The third kappa shape index (κ3) is 4.41. The summed E-state index contributed by atoms with van der Waals surface area (Å²) < 4.78 is 11.1. The Bertz CT molecular complexity index is 475. The van der Waals surface area contributed by atoms with E-state index < -0.39 is 0 Å². The van der Waals surface area contributed by atoms with Gasteiger partial charge in [0.25, 0.3) is 0 Å². The third-order valence-corrected chi connectivity index (χ3v) is 3.15. The van der Waals surface area contributed by atoms with E-state index in [1.165, 1.54) is 0 Å². The Morgan fingerprint density at radius 1 is 1.20 bits per heavy atom. The van der Waals surface area contributed by atoms with Gasteiger partial charge in [-0.05, 0) is 38.0 Å². The summed E-state index contributed by atoms with van der Waals surface area (Å²) in [6.45, 7) is 13.6. The number of hydrogen-bond acceptors (Lipinski definition) is 3. The van der Waals surface area contributed by atoms with Crippen molar-refractivity contribution in [1.82, 2.24) is 0 Å². The van der Waals surface area contributed by atoms with Crippen LogP contribution in [0.3, 0.4) is 0 Å². The van der Waals surface area contributed by atoms with Gasteiger partial charge in [0.1, 0.15) is 11.5 Å². The van der Waals surface area contributed by atoms with E-state index in [2.05, 4.69) is 6.58 Å². The summed E-state index contributed by atoms with van der Waals surface area (Å²) in [5, 5.41) is 0. The second-order valence-corrected chi connectivity index (χ2v) is 5.52. The fourth-order valence-electron chi connectivity index (χ4n) is 1.59. The molecule has 0 N–H and O–H groups in total. The highest BCUT2D eigenvalue weighted by Crippen LogP contribution is 2.27. The first kappa shape index (κ1) is 16.3. The molecule has 110 valence electrons. The van der Waals surface area contributed by atoms with Crippen molar-refractivity contribution in [1.29, 1.82) is 0 Å². The number of carbonyl (C=O) groups excluding carboxylic acids is 1. The summed E-state index contributed by atoms with van der Waals surface area (Å²) in [5.41, 5.74) is 0.821. The maximum Gasteiger partial charge on any atom is 0.314 e. The van der Waals surface area contributed by atoms with E-state index >= 15 is 0 Å². The average Bonchev–Trinajstić information content (AvgIpc) is 2.38. The zero-order valence-electron chi connectivity index (χ0n) is 13.0. The first-order valence-electron chi connectivity index (χ1n) is 7.00. The van der Waals surface area contributed by atoms with Crippen LogP contribution in [0.15, 0.2) is 24.8 Å². The number of benzene rings is 1. The molecular formula is C17H24O3. The Morgan fingerprint density at radius 2 is 1.85 bits per heavy atom. The van der Waals surface area contributed by atoms with Crippen LogP contribution in [0, 0.1) is 11.8 Å². The molecule has 1 aromatic rings. The molecular weight excluding hydrogens is 252 g/mol. The Hall–Kier alpha value is -1.77. The molecule has 3 nitrogen and oxygen atoms in total. The molecule has 0 bridgehead atoms. The summed E-state index contributed by atoms with van der Waals surface area (Å²) in [5.74, 6) is 1.17. The molecule has 0 aromatic heterocycles. The van der Waals surface area contributed by atoms with Gasteiger partial charge >= 0.3 is 5.97 Å². The lowest BCUT2D eigenvalue weighted by Gasteiger charge is -2.16. The minimum atomic E-state index is -0.215. The molecule has 1 rings (SSSR count). The molecule has 0 aliphatic heterocycles. The van der Waals surface area contributed by atoms with E-state index in [9.17, 15) is 4.79 Å². The zero-order valence-corrected chi connectivity index (χ0v) is 13.0. The van der Waals surface area contributed by atoms with Crippen molar-refractivity contribution in [3.63, 3.8) is 0 Å². The Balaban J connectivity index is 2.88. The quantitative estimate of drug-likeness (QED) is 0.573. The summed E-state index contributed by atoms with van der Waals surface area (Å²) in [7, 11) is 0. The number of esters is 1. The van der Waals surface area contributed by atoms with Gasteiger partial charge in [-0.1, -0.05) is 33.4 Å². The van der Waals surface area contributed by atoms with Gasteiger partial charge in [-0.2, -0.15) is 0 Å². The molecule has 0 aliphatic carbocycles. The summed E-state index contributed by atoms with van der Waals surface area (Å²) >= 11 is 0. The van der Waals surface area contributed by atoms with Crippen LogP contribution in [0.5, 0.6) is 11.5 Å². The summed E-state index contributed by atoms with van der Waals surface area (Å²) in [4.78, 5) is 11.9. The lowest BCUT2D eigenvalue weighted by atomic mass is 9.98. The topological polar surface area (TPSA) is 35.5 Å². The van der Waals surface area contributed by atoms with E-state index in [0.717, 1.165) is 11.3 Å². The highest BCUT2D eigenvalue weighted by Gasteiger charge is 2.19. The first-order chi connectivity index (χ1) is 9.35. The minimum Gasteiger partial charge on any atom is -0.490 e. The van der Waals surface area contributed by atoms with Crippen LogP contribution in [-0.4, -0.2) is 12.1 Å². The molecule has 0 radical (unpaired) electrons. The van der Waals surface area contributed by atoms with E-state index in [1.807, 2.05) is 34.6 Å². The van der Waals surface area contributed by atoms with Crippen molar-refractivity contribution in [2.24, 2.45) is 11.8 Å². The number of carbonyl (C=O) groups is 1. The fourth-order valence-corrected chi connectivity index (χ4v) is 1.59. The second-order valence-electron chi connectivity index (χ2n) is 5.52. The Labute approximate surface area is 121 Å². The molecule has 1 atom stereocenters. The highest BCUT2D eigenvalue weighted by atomic mass is 16.5. The van der Waals surface area contributed by atoms with Crippen molar-refractivity contribution >= 4 is 12.0 Å². The molecule has 3 heteroatoms. The van der Waals surface area contributed by atoms with Crippen molar-refractivity contribution in [3.8, 4) is 11.5 Å². The van der Waals surface area contributed by atoms with Crippen LogP contribution in [0.1, 0.15) is 40.2 Å². The molecule has 0 amide bonds. The predicted octanol–water partition coefficient (Wildman–Crippen LogP) is 4.31. The van der Waals surface area contributed by atoms with Gasteiger partial charge in [-0.25, -0.2) is 0 Å². The van der Waals surface area contributed by atoms with E-state index in [1.54, 1.807) is 24.3 Å². The Morgan fingerprint density at radius 3 is 2.35 bits per heavy atom. The van der Waals surface area contributed by atoms with E-state index in [0.29, 0.717) is 5.75 Å². The Kier molecular flexibility index (Phi) is 5.81. The van der Waals surface area contributed by atoms with Gasteiger partial charge in [-0.3, -0.25) is 4.79 Å². The number of rotatable bonds is 6. The first-order valence-corrected chi connectivity index (χ1v) is 7.00. The van der Waals surface area contributed by atoms with Gasteiger partial charge in [0.05, 0.1) is 12.0 Å². The molecule has 0 saturated heterocycles. The van der Waals surface area contributed by atoms with Crippen LogP contribution in [0.2, 0.25) is 0 Å². The van der Waals surface area contributed by atoms with Gasteiger partial charge in [0.15, 0.2) is 0 Å². The van der Waals surface area contributed by atoms with Crippen molar-refractivity contribution in [3.05, 3.63) is 30.3 Å². The number of hydrogen-bond donors (Lipinski definition) is 0. The van der Waals surface area contributed by atoms with Crippen LogP contribution >= 0.6 is 0 Å². The monoisotopic (exact) mass is 276 g/mol. The van der Waals surface area contributed by atoms with E-state index in [4.69, 9.17) is 9.47 Å². The molecule has 1 unspecified atom stereocenters. The van der Waals surface area contributed by atoms with Crippen LogP contribution in [0.4, 0.5) is 0 Å². The average molecular weight is 276 g/mol. The number of ether oxygens (including phenoxy) is 2. The molecule has 0 saturated carbocycles.